The number of hydrazone groups is 1. The van der Waals surface area contributed by atoms with Gasteiger partial charge in [-0.3, -0.25) is 24.8 Å². The molecule has 2 amide bonds. The van der Waals surface area contributed by atoms with E-state index in [2.05, 4.69) is 10.5 Å². The topological polar surface area (TPSA) is 91.0 Å². The number of nitrogens with one attached hydrogen (secondary N) is 1. The van der Waals surface area contributed by atoms with Crippen LogP contribution in [0.3, 0.4) is 0 Å². The first kappa shape index (κ1) is 13.5. The number of amidine groups is 1. The van der Waals surface area contributed by atoms with Crippen LogP contribution in [0, 0.1) is 0 Å². The Morgan fingerprint density at radius 1 is 1.33 bits per heavy atom. The van der Waals surface area contributed by atoms with Crippen LogP contribution in [0.1, 0.15) is 0 Å². The quantitative estimate of drug-likeness (QED) is 0.834. The highest BCUT2D eigenvalue weighted by atomic mass is 32.2. The van der Waals surface area contributed by atoms with Crippen molar-refractivity contribution in [1.82, 2.24) is 10.3 Å². The van der Waals surface area contributed by atoms with Gasteiger partial charge in [0.25, 0.3) is 5.91 Å². The number of para-hydroxylation sites is 1. The maximum atomic E-state index is 12.5. The molecule has 0 aliphatic carbocycles. The number of rotatable bonds is 3. The van der Waals surface area contributed by atoms with E-state index in [1.54, 1.807) is 22.2 Å². The molecule has 3 N–H and O–H groups in total. The minimum absolute atomic E-state index is 0.119. The van der Waals surface area contributed by atoms with Crippen molar-refractivity contribution in [3.8, 4) is 0 Å². The fourth-order valence-electron chi connectivity index (χ4n) is 2.06. The second-order valence-electron chi connectivity index (χ2n) is 4.43. The summed E-state index contributed by atoms with van der Waals surface area (Å²) in [6.07, 6.45) is 2.85. The highest BCUT2D eigenvalue weighted by Gasteiger charge is 2.38. The van der Waals surface area contributed by atoms with Gasteiger partial charge < -0.3 is 5.73 Å². The van der Waals surface area contributed by atoms with Gasteiger partial charge in [-0.25, -0.2) is 0 Å². The number of nitrogens with zero attached hydrogens (tertiary/aromatic N) is 3. The standard InChI is InChI=1S/C13H13N5O2S/c14-10(19)8-21-13-16-15-11-12(20)17(6-7-18(11)13)9-4-2-1-3-5-9/h1-7,11,15H,8H2,(H2,14,19). The van der Waals surface area contributed by atoms with Crippen molar-refractivity contribution in [1.29, 1.82) is 0 Å². The maximum Gasteiger partial charge on any atom is 0.276 e. The molecule has 1 aromatic rings. The fourth-order valence-corrected chi connectivity index (χ4v) is 2.76. The van der Waals surface area contributed by atoms with Crippen molar-refractivity contribution in [3.63, 3.8) is 0 Å². The minimum atomic E-state index is -0.592. The van der Waals surface area contributed by atoms with Crippen LogP contribution >= 0.6 is 11.8 Å². The number of carbonyl (C=O) groups is 2. The number of nitrogens with two attached hydrogens (primary N) is 1. The lowest BCUT2D eigenvalue weighted by Crippen LogP contribution is -2.52. The van der Waals surface area contributed by atoms with Crippen molar-refractivity contribution in [2.24, 2.45) is 10.8 Å². The van der Waals surface area contributed by atoms with Gasteiger partial charge in [0.2, 0.25) is 12.1 Å². The van der Waals surface area contributed by atoms with Crippen molar-refractivity contribution in [3.05, 3.63) is 42.7 Å². The third-order valence-corrected chi connectivity index (χ3v) is 4.00. The van der Waals surface area contributed by atoms with Crippen molar-refractivity contribution < 1.29 is 9.59 Å². The van der Waals surface area contributed by atoms with E-state index in [0.29, 0.717) is 5.17 Å². The Labute approximate surface area is 125 Å². The van der Waals surface area contributed by atoms with Gasteiger partial charge in [0.05, 0.1) is 5.75 Å². The maximum absolute atomic E-state index is 12.5. The van der Waals surface area contributed by atoms with Crippen LogP contribution in [-0.2, 0) is 9.59 Å². The van der Waals surface area contributed by atoms with Crippen LogP contribution in [0.4, 0.5) is 5.69 Å². The molecule has 0 bridgehead atoms. The average Bonchev–Trinajstić information content (AvgIpc) is 2.90. The van der Waals surface area contributed by atoms with E-state index in [9.17, 15) is 9.59 Å². The number of amides is 2. The SMILES string of the molecule is NC(=O)CSC1=NNC2C(=O)N(c3ccccc3)C=CN12. The molecule has 0 radical (unpaired) electrons. The van der Waals surface area contributed by atoms with Gasteiger partial charge in [0.1, 0.15) is 0 Å². The zero-order chi connectivity index (χ0) is 14.8. The first-order valence-electron chi connectivity index (χ1n) is 6.26. The molecule has 21 heavy (non-hydrogen) atoms. The van der Waals surface area contributed by atoms with E-state index in [1.165, 1.54) is 11.8 Å². The molecule has 2 aliphatic heterocycles. The summed E-state index contributed by atoms with van der Waals surface area (Å²) in [7, 11) is 0. The van der Waals surface area contributed by atoms with Crippen LogP contribution < -0.4 is 16.1 Å². The second-order valence-corrected chi connectivity index (χ2v) is 5.37. The molecule has 2 heterocycles. The Bertz CT molecular complexity index is 631. The lowest BCUT2D eigenvalue weighted by Gasteiger charge is -2.31. The number of benzene rings is 1. The molecule has 7 nitrogen and oxygen atoms in total. The van der Waals surface area contributed by atoms with Gasteiger partial charge in [-0.1, -0.05) is 30.0 Å². The lowest BCUT2D eigenvalue weighted by atomic mass is 10.2. The van der Waals surface area contributed by atoms with Gasteiger partial charge in [0, 0.05) is 18.1 Å². The lowest BCUT2D eigenvalue weighted by molar-refractivity contribution is -0.122. The Morgan fingerprint density at radius 2 is 2.10 bits per heavy atom. The summed E-state index contributed by atoms with van der Waals surface area (Å²) in [5, 5.41) is 4.63. The minimum Gasteiger partial charge on any atom is -0.369 e. The first-order valence-corrected chi connectivity index (χ1v) is 7.24. The first-order chi connectivity index (χ1) is 10.2. The molecule has 0 aromatic heterocycles. The van der Waals surface area contributed by atoms with Crippen molar-refractivity contribution >= 4 is 34.4 Å². The molecule has 2 aliphatic rings. The Balaban J connectivity index is 1.78. The average molecular weight is 303 g/mol. The molecular weight excluding hydrogens is 290 g/mol. The number of hydrogen-bond acceptors (Lipinski definition) is 6. The third-order valence-electron chi connectivity index (χ3n) is 3.01. The van der Waals surface area contributed by atoms with Gasteiger partial charge >= 0.3 is 0 Å². The fraction of sp³-hybridized carbons (Fsp3) is 0.154. The highest BCUT2D eigenvalue weighted by Crippen LogP contribution is 2.25. The predicted octanol–water partition coefficient (Wildman–Crippen LogP) is 0.225. The molecule has 1 aromatic carbocycles. The van der Waals surface area contributed by atoms with Crippen LogP contribution in [-0.4, -0.2) is 33.8 Å². The largest absolute Gasteiger partial charge is 0.369 e. The summed E-state index contributed by atoms with van der Waals surface area (Å²) in [5.41, 5.74) is 8.69. The summed E-state index contributed by atoms with van der Waals surface area (Å²) in [5.74, 6) is -0.444. The summed E-state index contributed by atoms with van der Waals surface area (Å²) in [4.78, 5) is 26.6. The summed E-state index contributed by atoms with van der Waals surface area (Å²) in [6, 6.07) is 9.35. The van der Waals surface area contributed by atoms with Crippen LogP contribution in [0.25, 0.3) is 0 Å². The number of fused-ring (bicyclic) bond motifs is 1. The van der Waals surface area contributed by atoms with E-state index < -0.39 is 12.1 Å². The van der Waals surface area contributed by atoms with E-state index >= 15 is 0 Å². The molecule has 1 unspecified atom stereocenters. The number of primary amides is 1. The molecule has 0 saturated heterocycles. The highest BCUT2D eigenvalue weighted by molar-refractivity contribution is 8.14. The van der Waals surface area contributed by atoms with E-state index in [-0.39, 0.29) is 11.7 Å². The van der Waals surface area contributed by atoms with Crippen LogP contribution in [0.5, 0.6) is 0 Å². The van der Waals surface area contributed by atoms with Crippen LogP contribution in [0.15, 0.2) is 47.8 Å². The summed E-state index contributed by atoms with van der Waals surface area (Å²) in [6.45, 7) is 0. The molecular formula is C13H13N5O2S. The molecule has 0 saturated carbocycles. The number of hydrogen-bond donors (Lipinski definition) is 2. The molecule has 3 rings (SSSR count). The Morgan fingerprint density at radius 3 is 2.81 bits per heavy atom. The third kappa shape index (κ3) is 2.57. The molecule has 108 valence electrons. The van der Waals surface area contributed by atoms with Gasteiger partial charge in [-0.05, 0) is 12.1 Å². The number of anilines is 1. The second kappa shape index (κ2) is 5.49. The predicted molar refractivity (Wildman–Crippen MR) is 80.9 cm³/mol. The molecule has 1 atom stereocenters. The monoisotopic (exact) mass is 303 g/mol. The van der Waals surface area contributed by atoms with E-state index in [0.717, 1.165) is 5.69 Å². The Hall–Kier alpha value is -2.48. The van der Waals surface area contributed by atoms with Gasteiger partial charge in [-0.2, -0.15) is 5.10 Å². The van der Waals surface area contributed by atoms with E-state index in [1.807, 2.05) is 30.3 Å². The number of thioether (sulfide) groups is 1. The van der Waals surface area contributed by atoms with Crippen molar-refractivity contribution in [2.75, 3.05) is 10.7 Å². The van der Waals surface area contributed by atoms with Crippen LogP contribution in [0.2, 0.25) is 0 Å². The van der Waals surface area contributed by atoms with Gasteiger partial charge in [-0.15, -0.1) is 0 Å². The molecule has 0 fully saturated rings. The summed E-state index contributed by atoms with van der Waals surface area (Å²) >= 11 is 1.19. The zero-order valence-corrected chi connectivity index (χ0v) is 11.8. The Kier molecular flexibility index (Phi) is 3.53. The van der Waals surface area contributed by atoms with E-state index in [4.69, 9.17) is 5.73 Å². The summed E-state index contributed by atoms with van der Waals surface area (Å²) < 4.78 is 0. The smallest absolute Gasteiger partial charge is 0.276 e. The molecule has 8 heteroatoms. The zero-order valence-electron chi connectivity index (χ0n) is 11.0. The molecule has 0 spiro atoms. The van der Waals surface area contributed by atoms with Crippen molar-refractivity contribution in [2.45, 2.75) is 6.17 Å². The normalized spacial score (nSPS) is 20.1. The number of carbonyl (C=O) groups excluding carboxylic acids is 2. The van der Waals surface area contributed by atoms with Gasteiger partial charge in [0.15, 0.2) is 5.17 Å².